The van der Waals surface area contributed by atoms with Gasteiger partial charge in [0.05, 0.1) is 32.6 Å². The molecule has 192 valence electrons. The first-order chi connectivity index (χ1) is 17.5. The molecule has 0 radical (unpaired) electrons. The van der Waals surface area contributed by atoms with Gasteiger partial charge in [-0.05, 0) is 48.7 Å². The van der Waals surface area contributed by atoms with Crippen molar-refractivity contribution in [3.05, 3.63) is 59.7 Å². The maximum Gasteiger partial charge on any atom is 0.262 e. The van der Waals surface area contributed by atoms with Crippen molar-refractivity contribution in [2.75, 3.05) is 41.0 Å². The Bertz CT molecular complexity index is 1080. The van der Waals surface area contributed by atoms with Gasteiger partial charge in [-0.25, -0.2) is 5.01 Å². The second kappa shape index (κ2) is 12.0. The smallest absolute Gasteiger partial charge is 0.262 e. The summed E-state index contributed by atoms with van der Waals surface area (Å²) in [7, 11) is 4.85. The quantitative estimate of drug-likeness (QED) is 0.499. The van der Waals surface area contributed by atoms with E-state index in [2.05, 4.69) is 0 Å². The van der Waals surface area contributed by atoms with Crippen LogP contribution in [0.5, 0.6) is 11.5 Å². The van der Waals surface area contributed by atoms with Gasteiger partial charge in [0, 0.05) is 31.6 Å². The minimum Gasteiger partial charge on any atom is -0.497 e. The Balaban J connectivity index is 1.62. The molecule has 2 aliphatic rings. The highest BCUT2D eigenvalue weighted by Gasteiger charge is 2.37. The summed E-state index contributed by atoms with van der Waals surface area (Å²) in [4.78, 5) is 28.6. The fourth-order valence-electron chi connectivity index (χ4n) is 5.02. The zero-order valence-corrected chi connectivity index (χ0v) is 21.3. The standard InChI is InChI=1S/C28H35N3O5/c1-34-17-16-30(28(33)21-8-4-5-9-21)19-27(32)31-25(23-10-6-7-11-26(23)36-3)18-24(29-31)20-12-14-22(35-2)15-13-20/h6-7,10-15,21,25H,4-5,8-9,16-19H2,1-3H3. The molecule has 0 bridgehead atoms. The molecule has 1 unspecified atom stereocenters. The third-order valence-corrected chi connectivity index (χ3v) is 6.99. The molecule has 1 aliphatic heterocycles. The van der Waals surface area contributed by atoms with Crippen molar-refractivity contribution >= 4 is 17.5 Å². The number of hydrogen-bond acceptors (Lipinski definition) is 6. The molecule has 1 atom stereocenters. The SMILES string of the molecule is COCCN(CC(=O)N1N=C(c2ccc(OC)cc2)CC1c1ccccc1OC)C(=O)C1CCCC1. The van der Waals surface area contributed by atoms with Crippen LogP contribution >= 0.6 is 0 Å². The molecule has 0 spiro atoms. The lowest BCUT2D eigenvalue weighted by atomic mass is 9.97. The van der Waals surface area contributed by atoms with Gasteiger partial charge in [-0.15, -0.1) is 0 Å². The molecule has 0 aromatic heterocycles. The van der Waals surface area contributed by atoms with Gasteiger partial charge in [-0.2, -0.15) is 5.10 Å². The lowest BCUT2D eigenvalue weighted by Crippen LogP contribution is -2.44. The molecule has 0 saturated heterocycles. The monoisotopic (exact) mass is 493 g/mol. The van der Waals surface area contributed by atoms with E-state index in [1.807, 2.05) is 48.5 Å². The van der Waals surface area contributed by atoms with E-state index in [0.29, 0.717) is 25.3 Å². The van der Waals surface area contributed by atoms with Gasteiger partial charge < -0.3 is 19.1 Å². The minimum absolute atomic E-state index is 0.0170. The first-order valence-corrected chi connectivity index (χ1v) is 12.5. The number of carbonyl (C=O) groups is 2. The summed E-state index contributed by atoms with van der Waals surface area (Å²) in [5.74, 6) is 1.24. The van der Waals surface area contributed by atoms with Crippen LogP contribution < -0.4 is 9.47 Å². The molecule has 8 nitrogen and oxygen atoms in total. The average molecular weight is 494 g/mol. The minimum atomic E-state index is -0.336. The molecule has 2 aromatic carbocycles. The predicted octanol–water partition coefficient (Wildman–Crippen LogP) is 4.05. The molecule has 2 amide bonds. The normalized spacial score (nSPS) is 17.7. The zero-order valence-electron chi connectivity index (χ0n) is 21.3. The summed E-state index contributed by atoms with van der Waals surface area (Å²) in [5, 5.41) is 6.30. The van der Waals surface area contributed by atoms with Gasteiger partial charge in [0.1, 0.15) is 18.0 Å². The number of rotatable bonds is 10. The highest BCUT2D eigenvalue weighted by Crippen LogP contribution is 2.38. The van der Waals surface area contributed by atoms with Crippen LogP contribution in [0.2, 0.25) is 0 Å². The fourth-order valence-corrected chi connectivity index (χ4v) is 5.02. The van der Waals surface area contributed by atoms with Gasteiger partial charge in [0.25, 0.3) is 5.91 Å². The van der Waals surface area contributed by atoms with Crippen LogP contribution in [0.1, 0.15) is 49.3 Å². The lowest BCUT2D eigenvalue weighted by Gasteiger charge is -2.29. The van der Waals surface area contributed by atoms with Gasteiger partial charge in [0.2, 0.25) is 5.91 Å². The number of carbonyl (C=O) groups excluding carboxylic acids is 2. The van der Waals surface area contributed by atoms with Crippen LogP contribution in [0.4, 0.5) is 0 Å². The number of benzene rings is 2. The van der Waals surface area contributed by atoms with Crippen molar-refractivity contribution in [3.63, 3.8) is 0 Å². The van der Waals surface area contributed by atoms with Crippen LogP contribution in [-0.4, -0.2) is 68.5 Å². The molecule has 4 rings (SSSR count). The van der Waals surface area contributed by atoms with Crippen molar-refractivity contribution < 1.29 is 23.8 Å². The van der Waals surface area contributed by atoms with Crippen molar-refractivity contribution in [1.82, 2.24) is 9.91 Å². The predicted molar refractivity (Wildman–Crippen MR) is 137 cm³/mol. The molecule has 1 fully saturated rings. The van der Waals surface area contributed by atoms with E-state index in [1.54, 1.807) is 26.2 Å². The maximum absolute atomic E-state index is 13.7. The summed E-state index contributed by atoms with van der Waals surface area (Å²) in [6.45, 7) is 0.714. The summed E-state index contributed by atoms with van der Waals surface area (Å²) in [5.41, 5.74) is 2.60. The molecule has 1 aliphatic carbocycles. The van der Waals surface area contributed by atoms with Crippen LogP contribution in [-0.2, 0) is 14.3 Å². The Morgan fingerprint density at radius 2 is 1.72 bits per heavy atom. The average Bonchev–Trinajstić information content (AvgIpc) is 3.61. The topological polar surface area (TPSA) is 80.7 Å². The van der Waals surface area contributed by atoms with Crippen molar-refractivity contribution in [2.24, 2.45) is 11.0 Å². The fraction of sp³-hybridized carbons (Fsp3) is 0.464. The van der Waals surface area contributed by atoms with Crippen LogP contribution in [0.25, 0.3) is 0 Å². The second-order valence-electron chi connectivity index (χ2n) is 9.21. The van der Waals surface area contributed by atoms with E-state index in [9.17, 15) is 9.59 Å². The van der Waals surface area contributed by atoms with Crippen LogP contribution in [0, 0.1) is 5.92 Å². The van der Waals surface area contributed by atoms with Crippen molar-refractivity contribution in [1.29, 1.82) is 0 Å². The van der Waals surface area contributed by atoms with E-state index in [-0.39, 0.29) is 30.3 Å². The van der Waals surface area contributed by atoms with Crippen LogP contribution in [0.15, 0.2) is 53.6 Å². The Hall–Kier alpha value is -3.39. The van der Waals surface area contributed by atoms with Gasteiger partial charge in [0.15, 0.2) is 0 Å². The third-order valence-electron chi connectivity index (χ3n) is 6.99. The Labute approximate surface area is 212 Å². The Kier molecular flexibility index (Phi) is 8.59. The highest BCUT2D eigenvalue weighted by molar-refractivity contribution is 6.03. The van der Waals surface area contributed by atoms with E-state index in [1.165, 1.54) is 5.01 Å². The number of methoxy groups -OCH3 is 3. The molecular formula is C28H35N3O5. The maximum atomic E-state index is 13.7. The highest BCUT2D eigenvalue weighted by atomic mass is 16.5. The number of hydrazone groups is 1. The van der Waals surface area contributed by atoms with E-state index >= 15 is 0 Å². The molecule has 36 heavy (non-hydrogen) atoms. The number of ether oxygens (including phenoxy) is 3. The third kappa shape index (κ3) is 5.70. The Morgan fingerprint density at radius 1 is 1.00 bits per heavy atom. The van der Waals surface area contributed by atoms with E-state index in [0.717, 1.165) is 48.3 Å². The zero-order chi connectivity index (χ0) is 25.5. The van der Waals surface area contributed by atoms with Gasteiger partial charge in [-0.3, -0.25) is 9.59 Å². The number of amides is 2. The molecular weight excluding hydrogens is 458 g/mol. The summed E-state index contributed by atoms with van der Waals surface area (Å²) in [6.07, 6.45) is 4.40. The van der Waals surface area contributed by atoms with E-state index < -0.39 is 0 Å². The first-order valence-electron chi connectivity index (χ1n) is 12.5. The summed E-state index contributed by atoms with van der Waals surface area (Å²) >= 11 is 0. The molecule has 2 aromatic rings. The molecule has 0 N–H and O–H groups in total. The van der Waals surface area contributed by atoms with Crippen LogP contribution in [0.3, 0.4) is 0 Å². The van der Waals surface area contributed by atoms with Crippen molar-refractivity contribution in [3.8, 4) is 11.5 Å². The molecule has 1 saturated carbocycles. The summed E-state index contributed by atoms with van der Waals surface area (Å²) < 4.78 is 16.1. The van der Waals surface area contributed by atoms with Crippen molar-refractivity contribution in [2.45, 2.75) is 38.1 Å². The molecule has 8 heteroatoms. The number of hydrogen-bond donors (Lipinski definition) is 0. The Morgan fingerprint density at radius 3 is 2.39 bits per heavy atom. The number of nitrogens with zero attached hydrogens (tertiary/aromatic N) is 3. The van der Waals surface area contributed by atoms with Gasteiger partial charge >= 0.3 is 0 Å². The molecule has 1 heterocycles. The summed E-state index contributed by atoms with van der Waals surface area (Å²) in [6, 6.07) is 15.0. The first kappa shape index (κ1) is 25.7. The second-order valence-corrected chi connectivity index (χ2v) is 9.21. The van der Waals surface area contributed by atoms with Gasteiger partial charge in [-0.1, -0.05) is 31.0 Å². The largest absolute Gasteiger partial charge is 0.497 e. The van der Waals surface area contributed by atoms with E-state index in [4.69, 9.17) is 19.3 Å². The lowest BCUT2D eigenvalue weighted by molar-refractivity contribution is -0.144. The number of para-hydroxylation sites is 1.